The Hall–Kier alpha value is -3.28. The summed E-state index contributed by atoms with van der Waals surface area (Å²) in [6.45, 7) is 3.79. The van der Waals surface area contributed by atoms with E-state index in [0.29, 0.717) is 0 Å². The lowest BCUT2D eigenvalue weighted by Gasteiger charge is -2.13. The summed E-state index contributed by atoms with van der Waals surface area (Å²) < 4.78 is 13.6. The van der Waals surface area contributed by atoms with Crippen LogP contribution in [0.2, 0.25) is 0 Å². The number of aromatic nitrogens is 1. The van der Waals surface area contributed by atoms with Gasteiger partial charge in [0.15, 0.2) is 0 Å². The zero-order chi connectivity index (χ0) is 18.7. The molecule has 0 aliphatic heterocycles. The number of pyridine rings is 1. The molecule has 1 heterocycles. The molecule has 2 aromatic carbocycles. The van der Waals surface area contributed by atoms with Crippen LogP contribution in [0.5, 0.6) is 0 Å². The number of benzene rings is 2. The standard InChI is InChI=1S/C20H18FN3O2/c1-12-14-7-4-6-10-18(14)22-13(2)16(12)11-19(25)23-24-20(26)15-8-3-5-9-17(15)21/h3-10H,11H2,1-2H3,(H,23,25)(H,24,26). The summed E-state index contributed by atoms with van der Waals surface area (Å²) in [5.41, 5.74) is 7.85. The van der Waals surface area contributed by atoms with E-state index in [0.717, 1.165) is 27.7 Å². The smallest absolute Gasteiger partial charge is 0.272 e. The number of amides is 2. The molecule has 0 aliphatic carbocycles. The monoisotopic (exact) mass is 351 g/mol. The average Bonchev–Trinajstić information content (AvgIpc) is 2.63. The molecule has 0 radical (unpaired) electrons. The van der Waals surface area contributed by atoms with Crippen molar-refractivity contribution in [1.82, 2.24) is 15.8 Å². The Morgan fingerprint density at radius 2 is 1.69 bits per heavy atom. The molecular weight excluding hydrogens is 333 g/mol. The minimum Gasteiger partial charge on any atom is -0.273 e. The lowest BCUT2D eigenvalue weighted by molar-refractivity contribution is -0.121. The maximum Gasteiger partial charge on any atom is 0.272 e. The second kappa shape index (κ2) is 7.31. The molecule has 0 aliphatic rings. The molecule has 0 fully saturated rings. The summed E-state index contributed by atoms with van der Waals surface area (Å²) in [5, 5.41) is 0.983. The molecule has 2 amide bonds. The van der Waals surface area contributed by atoms with Crippen molar-refractivity contribution in [2.75, 3.05) is 0 Å². The van der Waals surface area contributed by atoms with Gasteiger partial charge in [-0.05, 0) is 43.2 Å². The van der Waals surface area contributed by atoms with E-state index in [9.17, 15) is 14.0 Å². The zero-order valence-corrected chi connectivity index (χ0v) is 14.5. The minimum atomic E-state index is -0.707. The highest BCUT2D eigenvalue weighted by Gasteiger charge is 2.15. The van der Waals surface area contributed by atoms with E-state index in [1.807, 2.05) is 38.1 Å². The minimum absolute atomic E-state index is 0.0626. The highest BCUT2D eigenvalue weighted by molar-refractivity contribution is 5.96. The van der Waals surface area contributed by atoms with Crippen LogP contribution in [0.25, 0.3) is 10.9 Å². The first kappa shape index (κ1) is 17.5. The predicted octanol–water partition coefficient (Wildman–Crippen LogP) is 2.99. The summed E-state index contributed by atoms with van der Waals surface area (Å²) in [6, 6.07) is 13.3. The van der Waals surface area contributed by atoms with Gasteiger partial charge in [-0.25, -0.2) is 4.39 Å². The maximum atomic E-state index is 13.6. The summed E-state index contributed by atoms with van der Waals surface area (Å²) in [6.07, 6.45) is 0.0626. The van der Waals surface area contributed by atoms with Gasteiger partial charge in [-0.1, -0.05) is 30.3 Å². The van der Waals surface area contributed by atoms with Gasteiger partial charge in [-0.2, -0.15) is 0 Å². The number of halogens is 1. The third-order valence-electron chi connectivity index (χ3n) is 4.26. The molecule has 3 aromatic rings. The van der Waals surface area contributed by atoms with Gasteiger partial charge in [0.2, 0.25) is 5.91 Å². The van der Waals surface area contributed by atoms with Crippen LogP contribution >= 0.6 is 0 Å². The van der Waals surface area contributed by atoms with Gasteiger partial charge >= 0.3 is 0 Å². The van der Waals surface area contributed by atoms with Gasteiger partial charge in [-0.3, -0.25) is 25.4 Å². The number of hydrazine groups is 1. The molecule has 6 heteroatoms. The summed E-state index contributed by atoms with van der Waals surface area (Å²) in [7, 11) is 0. The van der Waals surface area contributed by atoms with Crippen LogP contribution in [0.3, 0.4) is 0 Å². The predicted molar refractivity (Wildman–Crippen MR) is 96.9 cm³/mol. The van der Waals surface area contributed by atoms with Gasteiger partial charge in [0.1, 0.15) is 5.82 Å². The highest BCUT2D eigenvalue weighted by Crippen LogP contribution is 2.22. The number of fused-ring (bicyclic) bond motifs is 1. The highest BCUT2D eigenvalue weighted by atomic mass is 19.1. The lowest BCUT2D eigenvalue weighted by Crippen LogP contribution is -2.42. The lowest BCUT2D eigenvalue weighted by atomic mass is 9.99. The molecule has 0 atom stereocenters. The van der Waals surface area contributed by atoms with Crippen LogP contribution in [0, 0.1) is 19.7 Å². The molecular formula is C20H18FN3O2. The molecule has 0 saturated carbocycles. The average molecular weight is 351 g/mol. The number of nitrogens with one attached hydrogen (secondary N) is 2. The second-order valence-electron chi connectivity index (χ2n) is 5.98. The quantitative estimate of drug-likeness (QED) is 0.713. The number of hydrogen-bond acceptors (Lipinski definition) is 3. The topological polar surface area (TPSA) is 71.1 Å². The molecule has 0 saturated heterocycles. The fourth-order valence-electron chi connectivity index (χ4n) is 2.87. The van der Waals surface area contributed by atoms with E-state index in [1.54, 1.807) is 6.07 Å². The first-order valence-corrected chi connectivity index (χ1v) is 8.16. The van der Waals surface area contributed by atoms with Crippen molar-refractivity contribution < 1.29 is 14.0 Å². The Kier molecular flexibility index (Phi) is 4.93. The zero-order valence-electron chi connectivity index (χ0n) is 14.5. The van der Waals surface area contributed by atoms with Gasteiger partial charge in [0.05, 0.1) is 17.5 Å². The first-order chi connectivity index (χ1) is 12.5. The van der Waals surface area contributed by atoms with E-state index in [-0.39, 0.29) is 12.0 Å². The Bertz CT molecular complexity index is 1000. The molecule has 132 valence electrons. The van der Waals surface area contributed by atoms with E-state index in [2.05, 4.69) is 15.8 Å². The molecule has 0 bridgehead atoms. The fourth-order valence-corrected chi connectivity index (χ4v) is 2.87. The SMILES string of the molecule is Cc1nc2ccccc2c(C)c1CC(=O)NNC(=O)c1ccccc1F. The van der Waals surface area contributed by atoms with Gasteiger partial charge in [0, 0.05) is 11.1 Å². The van der Waals surface area contributed by atoms with E-state index in [4.69, 9.17) is 0 Å². The molecule has 5 nitrogen and oxygen atoms in total. The van der Waals surface area contributed by atoms with Crippen molar-refractivity contribution in [3.05, 3.63) is 76.7 Å². The number of nitrogens with zero attached hydrogens (tertiary/aromatic N) is 1. The first-order valence-electron chi connectivity index (χ1n) is 8.16. The van der Waals surface area contributed by atoms with Crippen molar-refractivity contribution in [3.63, 3.8) is 0 Å². The van der Waals surface area contributed by atoms with Crippen LogP contribution < -0.4 is 10.9 Å². The fraction of sp³-hybridized carbons (Fsp3) is 0.150. The third-order valence-corrected chi connectivity index (χ3v) is 4.26. The van der Waals surface area contributed by atoms with Crippen molar-refractivity contribution in [1.29, 1.82) is 0 Å². The number of carbonyl (C=O) groups is 2. The van der Waals surface area contributed by atoms with Crippen molar-refractivity contribution in [3.8, 4) is 0 Å². The van der Waals surface area contributed by atoms with Gasteiger partial charge in [0.25, 0.3) is 5.91 Å². The Morgan fingerprint density at radius 1 is 1.00 bits per heavy atom. The van der Waals surface area contributed by atoms with Crippen LogP contribution in [0.4, 0.5) is 4.39 Å². The van der Waals surface area contributed by atoms with Crippen molar-refractivity contribution >= 4 is 22.7 Å². The van der Waals surface area contributed by atoms with Gasteiger partial charge in [-0.15, -0.1) is 0 Å². The molecule has 0 spiro atoms. The molecule has 26 heavy (non-hydrogen) atoms. The van der Waals surface area contributed by atoms with Crippen LogP contribution in [0.15, 0.2) is 48.5 Å². The number of rotatable bonds is 3. The number of aryl methyl sites for hydroxylation is 2. The van der Waals surface area contributed by atoms with Crippen molar-refractivity contribution in [2.45, 2.75) is 20.3 Å². The summed E-state index contributed by atoms with van der Waals surface area (Å²) in [4.78, 5) is 28.7. The Labute approximate surface area is 150 Å². The number of hydrogen-bond donors (Lipinski definition) is 2. The van der Waals surface area contributed by atoms with Crippen LogP contribution in [-0.4, -0.2) is 16.8 Å². The van der Waals surface area contributed by atoms with Gasteiger partial charge < -0.3 is 0 Å². The molecule has 1 aromatic heterocycles. The maximum absolute atomic E-state index is 13.6. The molecule has 2 N–H and O–H groups in total. The summed E-state index contributed by atoms with van der Waals surface area (Å²) >= 11 is 0. The molecule has 3 rings (SSSR count). The second-order valence-corrected chi connectivity index (χ2v) is 5.98. The Morgan fingerprint density at radius 3 is 2.46 bits per heavy atom. The van der Waals surface area contributed by atoms with Crippen LogP contribution in [-0.2, 0) is 11.2 Å². The van der Waals surface area contributed by atoms with E-state index >= 15 is 0 Å². The Balaban J connectivity index is 1.72. The van der Waals surface area contributed by atoms with Crippen molar-refractivity contribution in [2.24, 2.45) is 0 Å². The van der Waals surface area contributed by atoms with E-state index in [1.165, 1.54) is 18.2 Å². The van der Waals surface area contributed by atoms with Crippen LogP contribution in [0.1, 0.15) is 27.2 Å². The summed E-state index contributed by atoms with van der Waals surface area (Å²) in [5.74, 6) is -1.76. The number of carbonyl (C=O) groups excluding carboxylic acids is 2. The number of para-hydroxylation sites is 1. The molecule has 0 unspecified atom stereocenters. The largest absolute Gasteiger partial charge is 0.273 e. The third kappa shape index (κ3) is 3.54. The van der Waals surface area contributed by atoms with E-state index < -0.39 is 17.6 Å². The normalized spacial score (nSPS) is 10.6.